The Kier molecular flexibility index (Phi) is 4.16. The van der Waals surface area contributed by atoms with Gasteiger partial charge in [-0.15, -0.1) is 11.3 Å². The topological polar surface area (TPSA) is 32.3 Å². The van der Waals surface area contributed by atoms with Gasteiger partial charge in [0.1, 0.15) is 18.2 Å². The Bertz CT molecular complexity index is 980. The molecule has 0 bridgehead atoms. The average molecular weight is 391 g/mol. The highest BCUT2D eigenvalue weighted by atomic mass is 32.1. The minimum atomic E-state index is 0.164. The maximum Gasteiger partial charge on any atom is 0.162 e. The first-order valence-corrected chi connectivity index (χ1v) is 11.2. The highest BCUT2D eigenvalue weighted by molar-refractivity contribution is 7.14. The van der Waals surface area contributed by atoms with E-state index in [1.54, 1.807) is 17.7 Å². The van der Waals surface area contributed by atoms with Crippen molar-refractivity contribution in [3.63, 3.8) is 0 Å². The van der Waals surface area contributed by atoms with Crippen molar-refractivity contribution in [1.82, 2.24) is 9.97 Å². The Morgan fingerprint density at radius 2 is 1.82 bits per heavy atom. The zero-order chi connectivity index (χ0) is 19.3. The molecule has 2 aromatic heterocycles. The van der Waals surface area contributed by atoms with Crippen molar-refractivity contribution in [2.45, 2.75) is 51.6 Å². The predicted molar refractivity (Wildman–Crippen MR) is 117 cm³/mol. The molecule has 0 aliphatic carbocycles. The predicted octanol–water partition coefficient (Wildman–Crippen LogP) is 6.25. The zero-order valence-electron chi connectivity index (χ0n) is 16.7. The number of hydrogen-bond donors (Lipinski definition) is 0. The average Bonchev–Trinajstić information content (AvgIpc) is 3.38. The number of nitrogens with zero attached hydrogens (tertiary/aromatic N) is 4. The molecule has 0 saturated carbocycles. The molecule has 4 nitrogen and oxygen atoms in total. The lowest BCUT2D eigenvalue weighted by molar-refractivity contribution is 0.194. The summed E-state index contributed by atoms with van der Waals surface area (Å²) in [7, 11) is 0. The van der Waals surface area contributed by atoms with E-state index in [1.165, 1.54) is 16.3 Å². The summed E-state index contributed by atoms with van der Waals surface area (Å²) in [4.78, 5) is 14.1. The zero-order valence-corrected chi connectivity index (χ0v) is 17.5. The van der Waals surface area contributed by atoms with Crippen molar-refractivity contribution in [2.75, 3.05) is 9.80 Å². The molecule has 0 fully saturated rings. The second kappa shape index (κ2) is 6.59. The van der Waals surface area contributed by atoms with Crippen molar-refractivity contribution >= 4 is 33.5 Å². The van der Waals surface area contributed by atoms with Crippen LogP contribution in [0.15, 0.2) is 54.3 Å². The summed E-state index contributed by atoms with van der Waals surface area (Å²) in [6.07, 6.45) is 7.30. The van der Waals surface area contributed by atoms with Crippen molar-refractivity contribution in [2.24, 2.45) is 5.92 Å². The Balaban J connectivity index is 1.82. The molecular weight excluding hydrogens is 364 g/mol. The SMILES string of the molecule is CCC1C2N(c3ccccc3C1(CC)CC)c1cncnc1N2c1cccs1. The molecule has 0 amide bonds. The Morgan fingerprint density at radius 3 is 2.54 bits per heavy atom. The lowest BCUT2D eigenvalue weighted by atomic mass is 9.61. The van der Waals surface area contributed by atoms with Gasteiger partial charge >= 0.3 is 0 Å². The van der Waals surface area contributed by atoms with E-state index in [0.29, 0.717) is 5.92 Å². The van der Waals surface area contributed by atoms with Crippen LogP contribution in [-0.4, -0.2) is 16.1 Å². The van der Waals surface area contributed by atoms with Crippen LogP contribution < -0.4 is 9.80 Å². The molecule has 0 spiro atoms. The van der Waals surface area contributed by atoms with Crippen LogP contribution in [0.25, 0.3) is 0 Å². The maximum absolute atomic E-state index is 4.74. The van der Waals surface area contributed by atoms with Gasteiger partial charge in [0.25, 0.3) is 0 Å². The molecule has 2 unspecified atom stereocenters. The summed E-state index contributed by atoms with van der Waals surface area (Å²) >= 11 is 1.79. The molecule has 5 heteroatoms. The number of thiophene rings is 1. The van der Waals surface area contributed by atoms with E-state index in [2.05, 4.69) is 77.3 Å². The minimum Gasteiger partial charge on any atom is -0.315 e. The van der Waals surface area contributed by atoms with E-state index in [1.807, 2.05) is 6.20 Å². The number of rotatable bonds is 4. The van der Waals surface area contributed by atoms with Crippen LogP contribution in [0.4, 0.5) is 22.2 Å². The fourth-order valence-corrected chi connectivity index (χ4v) is 6.44. The molecule has 0 radical (unpaired) electrons. The molecule has 2 aliphatic heterocycles. The lowest BCUT2D eigenvalue weighted by Crippen LogP contribution is -2.56. The normalized spacial score (nSPS) is 22.0. The van der Waals surface area contributed by atoms with E-state index in [0.717, 1.165) is 30.8 Å². The third kappa shape index (κ3) is 2.17. The first kappa shape index (κ1) is 17.7. The van der Waals surface area contributed by atoms with Gasteiger partial charge in [-0.3, -0.25) is 4.90 Å². The highest BCUT2D eigenvalue weighted by Crippen LogP contribution is 2.59. The van der Waals surface area contributed by atoms with Crippen molar-refractivity contribution in [3.8, 4) is 0 Å². The minimum absolute atomic E-state index is 0.164. The first-order chi connectivity index (χ1) is 13.8. The molecule has 4 heterocycles. The quantitative estimate of drug-likeness (QED) is 0.527. The molecule has 28 heavy (non-hydrogen) atoms. The summed E-state index contributed by atoms with van der Waals surface area (Å²) in [6, 6.07) is 13.3. The largest absolute Gasteiger partial charge is 0.315 e. The molecule has 2 atom stereocenters. The summed E-state index contributed by atoms with van der Waals surface area (Å²) in [6.45, 7) is 7.06. The highest BCUT2D eigenvalue weighted by Gasteiger charge is 2.55. The number of aromatic nitrogens is 2. The van der Waals surface area contributed by atoms with Gasteiger partial charge in [0.15, 0.2) is 5.82 Å². The fourth-order valence-electron chi connectivity index (χ4n) is 5.68. The monoisotopic (exact) mass is 390 g/mol. The second-order valence-corrected chi connectivity index (χ2v) is 8.66. The van der Waals surface area contributed by atoms with Crippen LogP contribution in [0.5, 0.6) is 0 Å². The van der Waals surface area contributed by atoms with Crippen molar-refractivity contribution < 1.29 is 0 Å². The van der Waals surface area contributed by atoms with Gasteiger partial charge < -0.3 is 4.90 Å². The van der Waals surface area contributed by atoms with Gasteiger partial charge in [0.2, 0.25) is 0 Å². The van der Waals surface area contributed by atoms with Gasteiger partial charge in [-0.1, -0.05) is 39.0 Å². The summed E-state index contributed by atoms with van der Waals surface area (Å²) < 4.78 is 0. The number of para-hydroxylation sites is 1. The van der Waals surface area contributed by atoms with Crippen LogP contribution in [0, 0.1) is 5.92 Å². The van der Waals surface area contributed by atoms with E-state index in [9.17, 15) is 0 Å². The molecular formula is C23H26N4S. The van der Waals surface area contributed by atoms with Crippen LogP contribution >= 0.6 is 11.3 Å². The number of hydrogen-bond acceptors (Lipinski definition) is 5. The molecule has 1 aromatic carbocycles. The Labute approximate surface area is 170 Å². The van der Waals surface area contributed by atoms with Crippen LogP contribution in [0.2, 0.25) is 0 Å². The smallest absolute Gasteiger partial charge is 0.162 e. The fraction of sp³-hybridized carbons (Fsp3) is 0.391. The first-order valence-electron chi connectivity index (χ1n) is 10.3. The number of fused-ring (bicyclic) bond motifs is 5. The maximum atomic E-state index is 4.74. The third-order valence-corrected chi connectivity index (χ3v) is 7.77. The van der Waals surface area contributed by atoms with Crippen LogP contribution in [0.1, 0.15) is 45.6 Å². The molecule has 2 aliphatic rings. The standard InChI is InChI=1S/C23H26N4S/c1-4-16-22-26(18-11-8-7-10-17(18)23(16,5-2)6-3)19-14-24-15-25-21(19)27(22)20-12-9-13-28-20/h7-16,22H,4-6H2,1-3H3. The van der Waals surface area contributed by atoms with Gasteiger partial charge in [-0.2, -0.15) is 0 Å². The van der Waals surface area contributed by atoms with Gasteiger partial charge in [0, 0.05) is 17.0 Å². The lowest BCUT2D eigenvalue weighted by Gasteiger charge is -2.53. The summed E-state index contributed by atoms with van der Waals surface area (Å²) in [5, 5.41) is 3.41. The Hall–Kier alpha value is -2.40. The molecule has 5 rings (SSSR count). The van der Waals surface area contributed by atoms with E-state index >= 15 is 0 Å². The van der Waals surface area contributed by atoms with Crippen molar-refractivity contribution in [3.05, 3.63) is 59.9 Å². The molecule has 144 valence electrons. The summed E-state index contributed by atoms with van der Waals surface area (Å²) in [5.74, 6) is 1.52. The summed E-state index contributed by atoms with van der Waals surface area (Å²) in [5.41, 5.74) is 4.08. The third-order valence-electron chi connectivity index (χ3n) is 6.90. The Morgan fingerprint density at radius 1 is 1.00 bits per heavy atom. The van der Waals surface area contributed by atoms with E-state index in [-0.39, 0.29) is 11.6 Å². The van der Waals surface area contributed by atoms with Crippen LogP contribution in [-0.2, 0) is 5.41 Å². The van der Waals surface area contributed by atoms with Gasteiger partial charge in [-0.25, -0.2) is 9.97 Å². The molecule has 0 N–H and O–H groups in total. The molecule has 0 saturated heterocycles. The number of anilines is 4. The van der Waals surface area contributed by atoms with E-state index < -0.39 is 0 Å². The van der Waals surface area contributed by atoms with Crippen molar-refractivity contribution in [1.29, 1.82) is 0 Å². The van der Waals surface area contributed by atoms with Gasteiger partial charge in [-0.05, 0) is 48.4 Å². The molecule has 3 aromatic rings. The van der Waals surface area contributed by atoms with E-state index in [4.69, 9.17) is 4.98 Å². The number of benzene rings is 1. The van der Waals surface area contributed by atoms with Gasteiger partial charge in [0.05, 0.1) is 11.2 Å². The van der Waals surface area contributed by atoms with Crippen LogP contribution in [0.3, 0.4) is 0 Å². The second-order valence-electron chi connectivity index (χ2n) is 7.73.